The number of hydrogen-bond acceptors (Lipinski definition) is 6. The summed E-state index contributed by atoms with van der Waals surface area (Å²) in [6, 6.07) is 5.22. The molecule has 0 radical (unpaired) electrons. The molecular weight excluding hydrogens is 404 g/mol. The number of fused-ring (bicyclic) bond motifs is 1. The zero-order valence-electron chi connectivity index (χ0n) is 10.3. The van der Waals surface area contributed by atoms with Crippen LogP contribution in [0.1, 0.15) is 0 Å². The van der Waals surface area contributed by atoms with Gasteiger partial charge in [0.25, 0.3) is 0 Å². The van der Waals surface area contributed by atoms with E-state index in [1.165, 1.54) is 6.20 Å². The number of nitrogens with zero attached hydrogens (tertiary/aromatic N) is 2. The van der Waals surface area contributed by atoms with Crippen LogP contribution >= 0.6 is 38.4 Å². The number of benzene rings is 1. The molecule has 2 aromatic rings. The van der Waals surface area contributed by atoms with Crippen molar-refractivity contribution in [2.45, 2.75) is 4.90 Å². The van der Waals surface area contributed by atoms with Crippen LogP contribution in [-0.4, -0.2) is 29.8 Å². The monoisotopic (exact) mass is 410 g/mol. The first-order valence-corrected chi connectivity index (χ1v) is 9.81. The summed E-state index contributed by atoms with van der Waals surface area (Å²) < 4.78 is 22.7. The third kappa shape index (κ3) is 4.29. The van der Waals surface area contributed by atoms with E-state index in [2.05, 4.69) is 20.9 Å². The molecule has 0 unspecified atom stereocenters. The molecule has 6 nitrogen and oxygen atoms in total. The summed E-state index contributed by atoms with van der Waals surface area (Å²) >= 11 is 4.38. The summed E-state index contributed by atoms with van der Waals surface area (Å²) in [5.41, 5.74) is 0.442. The Bertz CT molecular complexity index is 813. The summed E-state index contributed by atoms with van der Waals surface area (Å²) in [6.45, 7) is 0. The van der Waals surface area contributed by atoms with Crippen LogP contribution in [0.4, 0.5) is 5.69 Å². The van der Waals surface area contributed by atoms with Gasteiger partial charge in [0.15, 0.2) is 0 Å². The molecule has 0 fully saturated rings. The van der Waals surface area contributed by atoms with Crippen molar-refractivity contribution in [1.82, 2.24) is 4.98 Å². The van der Waals surface area contributed by atoms with Gasteiger partial charge in [-0.25, -0.2) is 13.4 Å². The van der Waals surface area contributed by atoms with Crippen LogP contribution in [0.2, 0.25) is 0 Å². The van der Waals surface area contributed by atoms with E-state index in [0.717, 1.165) is 16.2 Å². The Morgan fingerprint density at radius 2 is 2.14 bits per heavy atom. The lowest BCUT2D eigenvalue weighted by Gasteiger charge is -2.06. The van der Waals surface area contributed by atoms with Crippen molar-refractivity contribution >= 4 is 64.0 Å². The highest BCUT2D eigenvalue weighted by molar-refractivity contribution is 9.10. The summed E-state index contributed by atoms with van der Waals surface area (Å²) in [5, 5.41) is 11.7. The van der Waals surface area contributed by atoms with E-state index >= 15 is 0 Å². The number of nitro groups is 1. The fourth-order valence-electron chi connectivity index (χ4n) is 1.66. The maximum absolute atomic E-state index is 11.1. The molecule has 0 spiro atoms. The zero-order valence-corrected chi connectivity index (χ0v) is 14.3. The van der Waals surface area contributed by atoms with Crippen LogP contribution in [0.5, 0.6) is 0 Å². The summed E-state index contributed by atoms with van der Waals surface area (Å²) in [6.07, 6.45) is 1.17. The summed E-state index contributed by atoms with van der Waals surface area (Å²) in [4.78, 5) is 15.0. The molecule has 0 aliphatic carbocycles. The summed E-state index contributed by atoms with van der Waals surface area (Å²) in [7, 11) is 1.52. The van der Waals surface area contributed by atoms with Gasteiger partial charge in [0.2, 0.25) is 9.05 Å². The second-order valence-electron chi connectivity index (χ2n) is 3.98. The van der Waals surface area contributed by atoms with Crippen LogP contribution in [0.15, 0.2) is 33.8 Å². The van der Waals surface area contributed by atoms with Gasteiger partial charge in [-0.2, -0.15) is 0 Å². The molecule has 112 valence electrons. The minimum absolute atomic E-state index is 0.123. The molecule has 1 aromatic carbocycles. The van der Waals surface area contributed by atoms with E-state index < -0.39 is 14.0 Å². The van der Waals surface area contributed by atoms with Crippen molar-refractivity contribution in [2.75, 3.05) is 11.5 Å². The molecule has 10 heteroatoms. The normalized spacial score (nSPS) is 11.7. The molecule has 0 aliphatic heterocycles. The Balaban J connectivity index is 2.48. The van der Waals surface area contributed by atoms with Crippen LogP contribution < -0.4 is 0 Å². The number of thioether (sulfide) groups is 1. The van der Waals surface area contributed by atoms with Crippen LogP contribution in [0, 0.1) is 10.1 Å². The molecule has 21 heavy (non-hydrogen) atoms. The number of aromatic nitrogens is 1. The minimum atomic E-state index is -3.63. The van der Waals surface area contributed by atoms with Crippen molar-refractivity contribution in [3.05, 3.63) is 39.0 Å². The predicted molar refractivity (Wildman–Crippen MR) is 86.5 cm³/mol. The number of hydrogen-bond donors (Lipinski definition) is 0. The Labute approximate surface area is 137 Å². The lowest BCUT2D eigenvalue weighted by molar-refractivity contribution is -0.387. The molecule has 1 aromatic heterocycles. The second kappa shape index (κ2) is 6.47. The van der Waals surface area contributed by atoms with E-state index in [9.17, 15) is 18.5 Å². The van der Waals surface area contributed by atoms with Crippen molar-refractivity contribution in [2.24, 2.45) is 0 Å². The molecule has 1 heterocycles. The Kier molecular flexibility index (Phi) is 5.07. The fraction of sp³-hybridized carbons (Fsp3) is 0.182. The highest BCUT2D eigenvalue weighted by Gasteiger charge is 2.19. The molecule has 2 rings (SSSR count). The number of pyridine rings is 1. The highest BCUT2D eigenvalue weighted by atomic mass is 79.9. The zero-order chi connectivity index (χ0) is 15.6. The smallest absolute Gasteiger partial charge is 0.258 e. The molecule has 0 bridgehead atoms. The number of rotatable bonds is 5. The van der Waals surface area contributed by atoms with E-state index in [1.54, 1.807) is 18.2 Å². The Morgan fingerprint density at radius 1 is 1.43 bits per heavy atom. The first-order chi connectivity index (χ1) is 9.78. The van der Waals surface area contributed by atoms with Crippen LogP contribution in [0.25, 0.3) is 10.9 Å². The average molecular weight is 412 g/mol. The van der Waals surface area contributed by atoms with Crippen LogP contribution in [-0.2, 0) is 9.05 Å². The lowest BCUT2D eigenvalue weighted by Crippen LogP contribution is -2.01. The summed E-state index contributed by atoms with van der Waals surface area (Å²) in [5.74, 6) is -0.146. The van der Waals surface area contributed by atoms with Crippen molar-refractivity contribution in [1.29, 1.82) is 0 Å². The van der Waals surface area contributed by atoms with Gasteiger partial charge in [0.05, 0.1) is 21.1 Å². The molecule has 0 N–H and O–H groups in total. The minimum Gasteiger partial charge on any atom is -0.258 e. The van der Waals surface area contributed by atoms with Gasteiger partial charge in [-0.1, -0.05) is 15.9 Å². The van der Waals surface area contributed by atoms with Gasteiger partial charge in [0, 0.05) is 26.3 Å². The van der Waals surface area contributed by atoms with Gasteiger partial charge in [-0.15, -0.1) is 11.8 Å². The second-order valence-corrected chi connectivity index (χ2v) is 8.90. The van der Waals surface area contributed by atoms with E-state index in [4.69, 9.17) is 10.7 Å². The van der Waals surface area contributed by atoms with Crippen LogP contribution in [0.3, 0.4) is 0 Å². The SMILES string of the molecule is O=[N+]([O-])c1cnc2ccc(Br)cc2c1SCCS(=O)(=O)Cl. The topological polar surface area (TPSA) is 90.2 Å². The molecule has 0 atom stereocenters. The Hall–Kier alpha value is -0.900. The highest BCUT2D eigenvalue weighted by Crippen LogP contribution is 2.36. The third-order valence-electron chi connectivity index (χ3n) is 2.53. The van der Waals surface area contributed by atoms with Gasteiger partial charge in [-0.05, 0) is 18.2 Å². The molecule has 0 saturated carbocycles. The first-order valence-electron chi connectivity index (χ1n) is 5.56. The van der Waals surface area contributed by atoms with E-state index in [-0.39, 0.29) is 17.2 Å². The van der Waals surface area contributed by atoms with Gasteiger partial charge < -0.3 is 0 Å². The predicted octanol–water partition coefficient (Wildman–Crippen LogP) is 3.57. The quantitative estimate of drug-likeness (QED) is 0.323. The fourth-order valence-corrected chi connectivity index (χ4v) is 4.51. The van der Waals surface area contributed by atoms with Gasteiger partial charge in [0.1, 0.15) is 6.20 Å². The maximum Gasteiger partial charge on any atom is 0.301 e. The molecule has 0 aliphatic rings. The standard InChI is InChI=1S/C11H8BrClN2O4S2/c12-7-1-2-9-8(5-7)11(10(6-14-9)15(16)17)20-3-4-21(13,18)19/h1-2,5-6H,3-4H2. The maximum atomic E-state index is 11.1. The average Bonchev–Trinajstić information content (AvgIpc) is 2.37. The Morgan fingerprint density at radius 3 is 2.76 bits per heavy atom. The van der Waals surface area contributed by atoms with Crippen molar-refractivity contribution in [3.8, 4) is 0 Å². The number of halogens is 2. The van der Waals surface area contributed by atoms with Crippen molar-refractivity contribution < 1.29 is 13.3 Å². The largest absolute Gasteiger partial charge is 0.301 e. The third-order valence-corrected chi connectivity index (χ3v) is 5.56. The molecule has 0 amide bonds. The van der Waals surface area contributed by atoms with E-state index in [1.807, 2.05) is 0 Å². The van der Waals surface area contributed by atoms with Gasteiger partial charge in [-0.3, -0.25) is 10.1 Å². The van der Waals surface area contributed by atoms with E-state index in [0.29, 0.717) is 15.8 Å². The lowest BCUT2D eigenvalue weighted by atomic mass is 10.2. The molecule has 0 saturated heterocycles. The van der Waals surface area contributed by atoms with Crippen molar-refractivity contribution in [3.63, 3.8) is 0 Å². The van der Waals surface area contributed by atoms with Gasteiger partial charge >= 0.3 is 5.69 Å². The first kappa shape index (κ1) is 16.5. The molecular formula is C11H8BrClN2O4S2.